The molecule has 1 heterocycles. The highest BCUT2D eigenvalue weighted by Crippen LogP contribution is 2.57. The Bertz CT molecular complexity index is 1210. The number of rotatable bonds is 6. The van der Waals surface area contributed by atoms with Crippen LogP contribution in [0.2, 0.25) is 0 Å². The van der Waals surface area contributed by atoms with Crippen molar-refractivity contribution < 1.29 is 19.1 Å². The van der Waals surface area contributed by atoms with Crippen LogP contribution in [0, 0.1) is 5.41 Å². The first kappa shape index (κ1) is 22.7. The Morgan fingerprint density at radius 2 is 1.73 bits per heavy atom. The zero-order valence-electron chi connectivity index (χ0n) is 18.5. The Morgan fingerprint density at radius 3 is 2.39 bits per heavy atom. The van der Waals surface area contributed by atoms with Crippen LogP contribution in [0.4, 0.5) is 0 Å². The summed E-state index contributed by atoms with van der Waals surface area (Å²) >= 11 is 1.50. The number of allylic oxidation sites excluding steroid dienone is 1. The minimum atomic E-state index is -1.43. The Hall–Kier alpha value is -3.53. The van der Waals surface area contributed by atoms with Crippen molar-refractivity contribution in [3.63, 3.8) is 0 Å². The molecule has 3 aromatic rings. The predicted octanol–water partition coefficient (Wildman–Crippen LogP) is 6.14. The highest BCUT2D eigenvalue weighted by molar-refractivity contribution is 7.99. The van der Waals surface area contributed by atoms with Crippen LogP contribution in [-0.2, 0) is 9.53 Å². The lowest BCUT2D eigenvalue weighted by atomic mass is 9.72. The SMILES string of the molecule is COC(=O)C1(CC=C=Cc2ccccc2)C(=O)c2cc(OC)ccc2SC1c1ccccc1. The molecular weight excluding hydrogens is 432 g/mol. The molecule has 0 fully saturated rings. The standard InChI is InChI=1S/C28H24O4S/c1-31-22-16-17-24-23(19-22)25(29)28(27(30)32-2,26(33-24)21-14-7-4-8-15-21)18-10-9-13-20-11-5-3-6-12-20/h3-8,10-17,19,26H,18H2,1-2H3. The summed E-state index contributed by atoms with van der Waals surface area (Å²) < 4.78 is 10.6. The van der Waals surface area contributed by atoms with Gasteiger partial charge in [-0.3, -0.25) is 9.59 Å². The monoisotopic (exact) mass is 456 g/mol. The molecule has 2 atom stereocenters. The second-order valence-electron chi connectivity index (χ2n) is 7.69. The molecule has 1 aliphatic heterocycles. The fourth-order valence-electron chi connectivity index (χ4n) is 4.07. The van der Waals surface area contributed by atoms with E-state index in [4.69, 9.17) is 9.47 Å². The van der Waals surface area contributed by atoms with Crippen LogP contribution in [0.5, 0.6) is 5.75 Å². The van der Waals surface area contributed by atoms with Gasteiger partial charge in [0.05, 0.1) is 19.5 Å². The maximum absolute atomic E-state index is 14.0. The van der Waals surface area contributed by atoms with Gasteiger partial charge in [0.1, 0.15) is 5.75 Å². The van der Waals surface area contributed by atoms with Gasteiger partial charge >= 0.3 is 5.97 Å². The van der Waals surface area contributed by atoms with E-state index in [9.17, 15) is 9.59 Å². The first-order chi connectivity index (χ1) is 16.1. The van der Waals surface area contributed by atoms with Gasteiger partial charge in [0.15, 0.2) is 11.2 Å². The molecule has 166 valence electrons. The molecule has 0 aromatic heterocycles. The Morgan fingerprint density at radius 1 is 1.03 bits per heavy atom. The maximum atomic E-state index is 14.0. The number of carbonyl (C=O) groups is 2. The van der Waals surface area contributed by atoms with Crippen molar-refractivity contribution in [2.45, 2.75) is 16.6 Å². The molecule has 0 aliphatic carbocycles. The van der Waals surface area contributed by atoms with Crippen molar-refractivity contribution in [2.75, 3.05) is 14.2 Å². The third-order valence-corrected chi connectivity index (χ3v) is 7.29. The van der Waals surface area contributed by atoms with E-state index in [0.29, 0.717) is 11.3 Å². The lowest BCUT2D eigenvalue weighted by Gasteiger charge is -2.40. The second kappa shape index (κ2) is 9.95. The molecule has 0 N–H and O–H groups in total. The Labute approximate surface area is 197 Å². The topological polar surface area (TPSA) is 52.6 Å². The number of ether oxygens (including phenoxy) is 2. The first-order valence-electron chi connectivity index (χ1n) is 10.6. The molecule has 33 heavy (non-hydrogen) atoms. The molecule has 4 nitrogen and oxygen atoms in total. The van der Waals surface area contributed by atoms with Gasteiger partial charge in [-0.25, -0.2) is 0 Å². The molecule has 0 spiro atoms. The zero-order chi connectivity index (χ0) is 23.3. The highest BCUT2D eigenvalue weighted by Gasteiger charge is 2.56. The lowest BCUT2D eigenvalue weighted by molar-refractivity contribution is -0.149. The van der Waals surface area contributed by atoms with Crippen molar-refractivity contribution >= 4 is 29.6 Å². The van der Waals surface area contributed by atoms with Crippen molar-refractivity contribution in [2.24, 2.45) is 5.41 Å². The van der Waals surface area contributed by atoms with Crippen LogP contribution < -0.4 is 4.74 Å². The number of fused-ring (bicyclic) bond motifs is 1. The van der Waals surface area contributed by atoms with Crippen molar-refractivity contribution in [3.05, 3.63) is 107 Å². The minimum absolute atomic E-state index is 0.158. The number of hydrogen-bond donors (Lipinski definition) is 0. The van der Waals surface area contributed by atoms with E-state index < -0.39 is 16.6 Å². The predicted molar refractivity (Wildman–Crippen MR) is 130 cm³/mol. The molecule has 0 amide bonds. The van der Waals surface area contributed by atoms with E-state index in [1.54, 1.807) is 19.3 Å². The third-order valence-electron chi connectivity index (χ3n) is 5.77. The number of esters is 1. The van der Waals surface area contributed by atoms with Gasteiger partial charge in [0.25, 0.3) is 0 Å². The van der Waals surface area contributed by atoms with E-state index in [-0.39, 0.29) is 12.2 Å². The summed E-state index contributed by atoms with van der Waals surface area (Å²) in [4.78, 5) is 28.2. The van der Waals surface area contributed by atoms with Crippen LogP contribution in [0.15, 0.2) is 95.6 Å². The Balaban J connectivity index is 1.84. The van der Waals surface area contributed by atoms with Gasteiger partial charge in [0.2, 0.25) is 0 Å². The number of Topliss-reactive ketones (excluding diaryl/α,β-unsaturated/α-hetero) is 1. The van der Waals surface area contributed by atoms with E-state index >= 15 is 0 Å². The summed E-state index contributed by atoms with van der Waals surface area (Å²) in [6.07, 6.45) is 3.74. The minimum Gasteiger partial charge on any atom is -0.497 e. The summed E-state index contributed by atoms with van der Waals surface area (Å²) in [5.41, 5.74) is 4.06. The average Bonchev–Trinajstić information content (AvgIpc) is 2.88. The van der Waals surface area contributed by atoms with Gasteiger partial charge in [0, 0.05) is 10.5 Å². The fourth-order valence-corrected chi connectivity index (χ4v) is 5.55. The maximum Gasteiger partial charge on any atom is 0.321 e. The zero-order valence-corrected chi connectivity index (χ0v) is 19.3. The fraction of sp³-hybridized carbons (Fsp3) is 0.179. The molecule has 0 bridgehead atoms. The molecule has 3 aromatic carbocycles. The van der Waals surface area contributed by atoms with Crippen LogP contribution in [0.25, 0.3) is 6.08 Å². The summed E-state index contributed by atoms with van der Waals surface area (Å²) in [6.45, 7) is 0. The summed E-state index contributed by atoms with van der Waals surface area (Å²) in [5.74, 6) is -0.257. The number of ketones is 1. The summed E-state index contributed by atoms with van der Waals surface area (Å²) in [5, 5.41) is -0.450. The van der Waals surface area contributed by atoms with Crippen LogP contribution in [0.1, 0.15) is 33.2 Å². The number of thioether (sulfide) groups is 1. The normalized spacial score (nSPS) is 19.1. The van der Waals surface area contributed by atoms with Gasteiger partial charge in [-0.1, -0.05) is 60.7 Å². The second-order valence-corrected chi connectivity index (χ2v) is 8.84. The van der Waals surface area contributed by atoms with E-state index in [1.807, 2.05) is 78.9 Å². The molecule has 2 unspecified atom stereocenters. The molecule has 0 saturated carbocycles. The van der Waals surface area contributed by atoms with E-state index in [2.05, 4.69) is 5.73 Å². The van der Waals surface area contributed by atoms with Crippen molar-refractivity contribution in [3.8, 4) is 5.75 Å². The van der Waals surface area contributed by atoms with E-state index in [0.717, 1.165) is 16.0 Å². The van der Waals surface area contributed by atoms with Crippen molar-refractivity contribution in [1.82, 2.24) is 0 Å². The highest BCUT2D eigenvalue weighted by atomic mass is 32.2. The summed E-state index contributed by atoms with van der Waals surface area (Å²) in [6, 6.07) is 24.8. The Kier molecular flexibility index (Phi) is 6.83. The van der Waals surface area contributed by atoms with Crippen LogP contribution in [-0.4, -0.2) is 26.0 Å². The number of carbonyl (C=O) groups excluding carboxylic acids is 2. The molecule has 0 radical (unpaired) electrons. The summed E-state index contributed by atoms with van der Waals surface area (Å²) in [7, 11) is 2.88. The van der Waals surface area contributed by atoms with Gasteiger partial charge in [-0.05, 0) is 47.9 Å². The molecule has 0 saturated heterocycles. The quantitative estimate of drug-likeness (QED) is 0.253. The largest absolute Gasteiger partial charge is 0.497 e. The molecule has 1 aliphatic rings. The van der Waals surface area contributed by atoms with E-state index in [1.165, 1.54) is 18.9 Å². The average molecular weight is 457 g/mol. The third kappa shape index (κ3) is 4.38. The van der Waals surface area contributed by atoms with Gasteiger partial charge in [-0.15, -0.1) is 17.5 Å². The smallest absolute Gasteiger partial charge is 0.321 e. The first-order valence-corrected chi connectivity index (χ1v) is 11.5. The van der Waals surface area contributed by atoms with Crippen LogP contribution in [0.3, 0.4) is 0 Å². The number of benzene rings is 3. The van der Waals surface area contributed by atoms with Crippen LogP contribution >= 0.6 is 11.8 Å². The van der Waals surface area contributed by atoms with Gasteiger partial charge in [-0.2, -0.15) is 0 Å². The van der Waals surface area contributed by atoms with Gasteiger partial charge < -0.3 is 9.47 Å². The molecule has 4 rings (SSSR count). The molecule has 5 heteroatoms. The van der Waals surface area contributed by atoms with Crippen molar-refractivity contribution in [1.29, 1.82) is 0 Å². The molecular formula is C28H24O4S. The number of hydrogen-bond acceptors (Lipinski definition) is 5. The number of methoxy groups -OCH3 is 2. The lowest BCUT2D eigenvalue weighted by Crippen LogP contribution is -2.46.